The first-order valence-corrected chi connectivity index (χ1v) is 37.1. The molecular formula is C50H89N17O24S5. The largest absolute Gasteiger partial charge is 0.442 e. The predicted molar refractivity (Wildman–Crippen MR) is 338 cm³/mol. The Morgan fingerprint density at radius 3 is 1.30 bits per heavy atom. The zero-order valence-corrected chi connectivity index (χ0v) is 57.8. The van der Waals surface area contributed by atoms with Gasteiger partial charge in [0.15, 0.2) is 0 Å². The number of hydrogen-bond donors (Lipinski definition) is 14. The molecule has 2 heterocycles. The number of nitrogens with one attached hydrogen (secondary N) is 12. The molecule has 2 aliphatic heterocycles. The molecule has 1 aromatic rings. The maximum Gasteiger partial charge on any atom is 0.422 e. The van der Waals surface area contributed by atoms with E-state index >= 15 is 0 Å². The zero-order chi connectivity index (χ0) is 72.0. The Bertz CT molecular complexity index is 3360. The fraction of sp³-hybridized carbons (Fsp3) is 0.700. The van der Waals surface area contributed by atoms with E-state index in [1.165, 1.54) is 14.2 Å². The Hall–Kier alpha value is -6.80. The molecule has 2 fully saturated rings. The van der Waals surface area contributed by atoms with Gasteiger partial charge in [0, 0.05) is 79.2 Å². The second-order valence-electron chi connectivity index (χ2n) is 21.7. The molecule has 46 heteroatoms. The molecule has 16 N–H and O–H groups in total. The van der Waals surface area contributed by atoms with Gasteiger partial charge in [-0.3, -0.25) is 28.8 Å². The maximum atomic E-state index is 14.3. The first kappa shape index (κ1) is 83.4. The van der Waals surface area contributed by atoms with Crippen LogP contribution in [0.2, 0.25) is 0 Å². The summed E-state index contributed by atoms with van der Waals surface area (Å²) < 4.78 is 170. The third kappa shape index (κ3) is 29.5. The minimum Gasteiger partial charge on any atom is -0.442 e. The van der Waals surface area contributed by atoms with Gasteiger partial charge in [0.05, 0.1) is 51.2 Å². The molecular weight excluding hydrogens is 1380 g/mol. The molecule has 96 heavy (non-hydrogen) atoms. The molecule has 2 saturated heterocycles. The predicted octanol–water partition coefficient (Wildman–Crippen LogP) is -7.22. The van der Waals surface area contributed by atoms with Crippen LogP contribution in [0.1, 0.15) is 57.9 Å². The van der Waals surface area contributed by atoms with Crippen LogP contribution in [-0.4, -0.2) is 254 Å². The lowest BCUT2D eigenvalue weighted by atomic mass is 9.88. The number of nitrogens with two attached hydrogens (primary N) is 2. The van der Waals surface area contributed by atoms with Crippen LogP contribution in [0.15, 0.2) is 30.3 Å². The number of β-lactam (4-membered cyclic amide) rings is 2. The second kappa shape index (κ2) is 40.2. The Labute approximate surface area is 558 Å². The van der Waals surface area contributed by atoms with Crippen LogP contribution in [0, 0.1) is 23.7 Å². The van der Waals surface area contributed by atoms with Crippen LogP contribution in [0.25, 0.3) is 0 Å². The number of nitrogens with zero attached hydrogens (tertiary/aromatic N) is 3. The van der Waals surface area contributed by atoms with Crippen molar-refractivity contribution in [2.45, 2.75) is 83.3 Å². The summed E-state index contributed by atoms with van der Waals surface area (Å²) in [5.41, 5.74) is 12.0. The van der Waals surface area contributed by atoms with E-state index in [9.17, 15) is 85.2 Å². The summed E-state index contributed by atoms with van der Waals surface area (Å²) in [7, 11) is -16.9. The first-order valence-electron chi connectivity index (χ1n) is 29.8. The van der Waals surface area contributed by atoms with Crippen molar-refractivity contribution in [1.29, 1.82) is 0 Å². The van der Waals surface area contributed by atoms with Gasteiger partial charge in [-0.25, -0.2) is 37.2 Å². The van der Waals surface area contributed by atoms with Gasteiger partial charge >= 0.3 is 69.3 Å². The molecule has 0 aliphatic carbocycles. The van der Waals surface area contributed by atoms with Gasteiger partial charge in [-0.1, -0.05) is 57.0 Å². The lowest BCUT2D eigenvalue weighted by Gasteiger charge is -2.39. The third-order valence-corrected chi connectivity index (χ3v) is 19.8. The van der Waals surface area contributed by atoms with Crippen molar-refractivity contribution < 1.29 is 109 Å². The van der Waals surface area contributed by atoms with Crippen molar-refractivity contribution in [3.63, 3.8) is 0 Å². The monoisotopic (exact) mass is 1470 g/mol. The minimum absolute atomic E-state index is 0.0784. The molecule has 41 nitrogen and oxygen atoms in total. The molecule has 1 aromatic carbocycles. The number of ether oxygens (including phenoxy) is 5. The Morgan fingerprint density at radius 1 is 0.542 bits per heavy atom. The van der Waals surface area contributed by atoms with Gasteiger partial charge in [0.2, 0.25) is 35.4 Å². The summed E-state index contributed by atoms with van der Waals surface area (Å²) in [4.78, 5) is 124. The number of carbonyl (C=O) groups is 9. The van der Waals surface area contributed by atoms with Crippen LogP contribution in [-0.2, 0) is 110 Å². The first-order chi connectivity index (χ1) is 45.0. The van der Waals surface area contributed by atoms with Crippen molar-refractivity contribution in [3.8, 4) is 0 Å². The Kier molecular flexibility index (Phi) is 34.9. The van der Waals surface area contributed by atoms with Crippen LogP contribution in [0.4, 0.5) is 14.4 Å². The topological polar surface area (TPSA) is 577 Å². The lowest BCUT2D eigenvalue weighted by Crippen LogP contribution is -2.61. The van der Waals surface area contributed by atoms with E-state index < -0.39 is 218 Å². The molecule has 7 atom stereocenters. The maximum absolute atomic E-state index is 14.3. The summed E-state index contributed by atoms with van der Waals surface area (Å²) in [6.07, 6.45) is -9.23. The van der Waals surface area contributed by atoms with Crippen molar-refractivity contribution in [2.24, 2.45) is 35.1 Å². The fourth-order valence-electron chi connectivity index (χ4n) is 8.79. The molecule has 0 bridgehead atoms. The van der Waals surface area contributed by atoms with Crippen molar-refractivity contribution in [2.75, 3.05) is 120 Å². The fourth-order valence-corrected chi connectivity index (χ4v) is 13.7. The van der Waals surface area contributed by atoms with Crippen LogP contribution >= 0.6 is 0 Å². The van der Waals surface area contributed by atoms with Gasteiger partial charge in [0.25, 0.3) is 0 Å². The highest BCUT2D eigenvalue weighted by Crippen LogP contribution is 2.29. The third-order valence-electron chi connectivity index (χ3n) is 13.8. The van der Waals surface area contributed by atoms with Crippen LogP contribution in [0.3, 0.4) is 0 Å². The molecule has 0 spiro atoms. The summed E-state index contributed by atoms with van der Waals surface area (Å²) in [5, 5.41) is 9.17. The van der Waals surface area contributed by atoms with E-state index in [1.54, 1.807) is 63.5 Å². The van der Waals surface area contributed by atoms with Gasteiger partial charge < -0.3 is 61.3 Å². The molecule has 0 aromatic heterocycles. The number of likely N-dealkylation sites (N-methyl/N-ethyl adjacent to an activating group) is 1. The van der Waals surface area contributed by atoms with Crippen LogP contribution < -0.4 is 70.5 Å². The molecule has 0 saturated carbocycles. The normalized spacial score (nSPS) is 16.8. The number of hydrogen-bond acceptors (Lipinski definition) is 27. The van der Waals surface area contributed by atoms with Crippen molar-refractivity contribution in [3.05, 3.63) is 35.9 Å². The highest BCUT2D eigenvalue weighted by Gasteiger charge is 2.49. The van der Waals surface area contributed by atoms with Crippen LogP contribution in [0.5, 0.6) is 0 Å². The summed E-state index contributed by atoms with van der Waals surface area (Å²) in [5.74, 6) is -13.9. The Morgan fingerprint density at radius 2 is 0.917 bits per heavy atom. The quantitative estimate of drug-likeness (QED) is 0.0125. The molecule has 548 valence electrons. The SMILES string of the molecule is CCCC(CCC)NS(=O)(=O)N1CC(CC(C(=O)NCC(CN)OC(=O)NS(=O)(=O)NCCOC)C(=O)NCC(CNC(=O)C(CC2CN(S(=O)(=O)NCCOC)C2=O)C(=O)NCC(CN)OC(=O)NS(=O)(=O)NCc2ccccc2)OC(=O)NS(=O)(=O)NCCN(C)C)C1=O. The highest BCUT2D eigenvalue weighted by molar-refractivity contribution is 7.89. The standard InChI is InChI=1S/C50H89N17O24S5/c1-7-12-36(13-8-2)61-96(85,86)67-32-35(47(67)73)23-41(43(69)53-27-37(24-51)89-48(74)62-93(79,80)58-17-20-87-5)45(71)56-30-39(91-50(76)63-92(77,78)57-16-19-65(3)4)29-55-44(70)40(22-34-31-66(46(34)72)95(83,84)59-18-21-88-6)42(68)54-28-38(25-52)90-49(75)64-94(81,82)60-26-33-14-10-9-11-15-33/h9-11,14-15,34-41,57-61H,7-8,12-13,16-32,51-52H2,1-6H3,(H,53,69)(H,54,68)(H,55,70)(H,56,71)(H,62,74)(H,63,76)(H,64,75). The van der Waals surface area contributed by atoms with Gasteiger partial charge in [-0.2, -0.15) is 65.7 Å². The van der Waals surface area contributed by atoms with Gasteiger partial charge in [-0.15, -0.1) is 0 Å². The average molecular weight is 1470 g/mol. The molecule has 3 rings (SSSR count). The van der Waals surface area contributed by atoms with E-state index in [2.05, 4.69) is 40.2 Å². The lowest BCUT2D eigenvalue weighted by molar-refractivity contribution is -0.145. The van der Waals surface area contributed by atoms with Gasteiger partial charge in [0.1, 0.15) is 30.1 Å². The Balaban J connectivity index is 1.98. The van der Waals surface area contributed by atoms with Crippen molar-refractivity contribution >= 4 is 105 Å². The highest BCUT2D eigenvalue weighted by atomic mass is 32.2. The van der Waals surface area contributed by atoms with Crippen molar-refractivity contribution in [1.82, 2.24) is 72.6 Å². The summed E-state index contributed by atoms with van der Waals surface area (Å²) in [6, 6.07) is 7.62. The average Bonchev–Trinajstić information content (AvgIpc) is 0.779. The number of methoxy groups -OCH3 is 2. The molecule has 7 unspecified atom stereocenters. The zero-order valence-electron chi connectivity index (χ0n) is 53.7. The molecule has 2 aliphatic rings. The number of amides is 9. The van der Waals surface area contributed by atoms with E-state index in [0.29, 0.717) is 39.9 Å². The molecule has 9 amide bonds. The number of benzene rings is 1. The van der Waals surface area contributed by atoms with E-state index in [-0.39, 0.29) is 45.9 Å². The van der Waals surface area contributed by atoms with Gasteiger partial charge in [-0.05, 0) is 45.3 Å². The van der Waals surface area contributed by atoms with E-state index in [0.717, 1.165) is 0 Å². The number of rotatable bonds is 47. The summed E-state index contributed by atoms with van der Waals surface area (Å²) >= 11 is 0. The van der Waals surface area contributed by atoms with E-state index in [1.807, 2.05) is 18.6 Å². The number of carbonyl (C=O) groups excluding carboxylic acids is 9. The smallest absolute Gasteiger partial charge is 0.422 e. The molecule has 0 radical (unpaired) electrons. The summed E-state index contributed by atoms with van der Waals surface area (Å²) in [6.45, 7) is -3.01. The van der Waals surface area contributed by atoms with E-state index in [4.69, 9.17) is 35.2 Å². The second-order valence-corrected chi connectivity index (χ2v) is 29.5. The minimum atomic E-state index is -4.71.